The monoisotopic (exact) mass is 363 g/mol. The zero-order valence-electron chi connectivity index (χ0n) is 12.3. The van der Waals surface area contributed by atoms with Crippen LogP contribution in [0.4, 0.5) is 0 Å². The summed E-state index contributed by atoms with van der Waals surface area (Å²) in [5.41, 5.74) is 2.45. The summed E-state index contributed by atoms with van der Waals surface area (Å²) >= 11 is 3.46. The van der Waals surface area contributed by atoms with Crippen molar-refractivity contribution in [3.8, 4) is 22.9 Å². The quantitative estimate of drug-likeness (QED) is 0.712. The molecule has 0 spiro atoms. The fourth-order valence-corrected chi connectivity index (χ4v) is 2.62. The van der Waals surface area contributed by atoms with Crippen LogP contribution in [0.25, 0.3) is 16.7 Å². The topological polar surface area (TPSA) is 58.4 Å². The van der Waals surface area contributed by atoms with Gasteiger partial charge < -0.3 is 14.2 Å². The molecule has 0 amide bonds. The van der Waals surface area contributed by atoms with Crippen LogP contribution in [-0.2, 0) is 0 Å². The number of hydrogen-bond acceptors (Lipinski definition) is 5. The molecule has 3 aromatic rings. The molecule has 0 radical (unpaired) electrons. The molecule has 0 aliphatic rings. The molecule has 22 heavy (non-hydrogen) atoms. The van der Waals surface area contributed by atoms with Gasteiger partial charge in [0.05, 0.1) is 32.5 Å². The first-order valence-corrected chi connectivity index (χ1v) is 7.28. The van der Waals surface area contributed by atoms with Crippen LogP contribution in [0.1, 0.15) is 0 Å². The van der Waals surface area contributed by atoms with E-state index in [1.54, 1.807) is 26.0 Å². The van der Waals surface area contributed by atoms with Gasteiger partial charge in [-0.15, -0.1) is 5.10 Å². The summed E-state index contributed by atoms with van der Waals surface area (Å²) in [5.74, 6) is 1.67. The first-order chi connectivity index (χ1) is 10.7. The zero-order valence-corrected chi connectivity index (χ0v) is 13.9. The summed E-state index contributed by atoms with van der Waals surface area (Å²) in [4.78, 5) is 0. The molecule has 7 heteroatoms. The SMILES string of the molecule is COc1cc(-n2nnc3ccc(Br)cc32)cc(OC)c1OC. The summed E-state index contributed by atoms with van der Waals surface area (Å²) in [6.07, 6.45) is 0. The fraction of sp³-hybridized carbons (Fsp3) is 0.200. The molecule has 0 saturated heterocycles. The zero-order chi connectivity index (χ0) is 15.7. The van der Waals surface area contributed by atoms with Crippen LogP contribution in [0.2, 0.25) is 0 Å². The number of nitrogens with zero attached hydrogens (tertiary/aromatic N) is 3. The molecule has 0 atom stereocenters. The van der Waals surface area contributed by atoms with E-state index in [0.717, 1.165) is 21.2 Å². The average Bonchev–Trinajstić information content (AvgIpc) is 2.96. The highest BCUT2D eigenvalue weighted by Gasteiger charge is 2.16. The summed E-state index contributed by atoms with van der Waals surface area (Å²) in [5, 5.41) is 8.38. The molecule has 2 aromatic carbocycles. The van der Waals surface area contributed by atoms with E-state index in [9.17, 15) is 0 Å². The number of fused-ring (bicyclic) bond motifs is 1. The van der Waals surface area contributed by atoms with E-state index < -0.39 is 0 Å². The Morgan fingerprint density at radius 2 is 1.64 bits per heavy atom. The largest absolute Gasteiger partial charge is 0.493 e. The standard InChI is InChI=1S/C15H14BrN3O3/c1-20-13-7-10(8-14(21-2)15(13)22-3)19-12-6-9(16)4-5-11(12)17-18-19/h4-8H,1-3H3. The normalized spacial score (nSPS) is 10.7. The molecule has 1 heterocycles. The van der Waals surface area contributed by atoms with E-state index in [1.165, 1.54) is 0 Å². The van der Waals surface area contributed by atoms with Crippen LogP contribution < -0.4 is 14.2 Å². The predicted octanol–water partition coefficient (Wildman–Crippen LogP) is 3.21. The minimum atomic E-state index is 0.541. The summed E-state index contributed by atoms with van der Waals surface area (Å²) in [6.45, 7) is 0. The van der Waals surface area contributed by atoms with Crippen LogP contribution in [0, 0.1) is 0 Å². The third-order valence-electron chi connectivity index (χ3n) is 3.30. The maximum absolute atomic E-state index is 5.38. The van der Waals surface area contributed by atoms with Gasteiger partial charge >= 0.3 is 0 Å². The van der Waals surface area contributed by atoms with Crippen molar-refractivity contribution >= 4 is 27.0 Å². The van der Waals surface area contributed by atoms with Gasteiger partial charge in [-0.05, 0) is 18.2 Å². The van der Waals surface area contributed by atoms with Gasteiger partial charge in [0.1, 0.15) is 5.52 Å². The number of benzene rings is 2. The molecular formula is C15H14BrN3O3. The van der Waals surface area contributed by atoms with Crippen LogP contribution in [0.5, 0.6) is 17.2 Å². The maximum atomic E-state index is 5.38. The highest BCUT2D eigenvalue weighted by Crippen LogP contribution is 2.39. The number of aromatic nitrogens is 3. The van der Waals surface area contributed by atoms with Gasteiger partial charge in [-0.2, -0.15) is 0 Å². The summed E-state index contributed by atoms with van der Waals surface area (Å²) in [6, 6.07) is 9.45. The lowest BCUT2D eigenvalue weighted by Gasteiger charge is -2.14. The van der Waals surface area contributed by atoms with Gasteiger partial charge in [-0.3, -0.25) is 0 Å². The third-order valence-corrected chi connectivity index (χ3v) is 3.79. The minimum absolute atomic E-state index is 0.541. The summed E-state index contributed by atoms with van der Waals surface area (Å²) in [7, 11) is 4.73. The van der Waals surface area contributed by atoms with Crippen molar-refractivity contribution in [3.63, 3.8) is 0 Å². The van der Waals surface area contributed by atoms with Crippen molar-refractivity contribution in [1.29, 1.82) is 0 Å². The molecule has 6 nitrogen and oxygen atoms in total. The van der Waals surface area contributed by atoms with Crippen molar-refractivity contribution in [2.75, 3.05) is 21.3 Å². The first-order valence-electron chi connectivity index (χ1n) is 6.49. The van der Waals surface area contributed by atoms with Gasteiger partial charge in [-0.25, -0.2) is 4.68 Å². The Bertz CT molecular complexity index is 807. The van der Waals surface area contributed by atoms with Gasteiger partial charge in [-0.1, -0.05) is 21.1 Å². The van der Waals surface area contributed by atoms with E-state index in [4.69, 9.17) is 14.2 Å². The predicted molar refractivity (Wildman–Crippen MR) is 86.2 cm³/mol. The molecule has 0 N–H and O–H groups in total. The van der Waals surface area contributed by atoms with E-state index in [-0.39, 0.29) is 0 Å². The number of methoxy groups -OCH3 is 3. The van der Waals surface area contributed by atoms with Gasteiger partial charge in [0, 0.05) is 16.6 Å². The van der Waals surface area contributed by atoms with Gasteiger partial charge in [0.25, 0.3) is 0 Å². The second-order valence-electron chi connectivity index (χ2n) is 4.52. The molecule has 0 unspecified atom stereocenters. The lowest BCUT2D eigenvalue weighted by Crippen LogP contribution is -2.01. The lowest BCUT2D eigenvalue weighted by atomic mass is 10.2. The molecule has 0 aliphatic carbocycles. The van der Waals surface area contributed by atoms with Crippen LogP contribution in [-0.4, -0.2) is 36.3 Å². The second kappa shape index (κ2) is 5.84. The highest BCUT2D eigenvalue weighted by atomic mass is 79.9. The lowest BCUT2D eigenvalue weighted by molar-refractivity contribution is 0.324. The molecule has 3 rings (SSSR count). The van der Waals surface area contributed by atoms with Crippen molar-refractivity contribution in [2.45, 2.75) is 0 Å². The number of hydrogen-bond donors (Lipinski definition) is 0. The molecular weight excluding hydrogens is 350 g/mol. The molecule has 0 fully saturated rings. The Hall–Kier alpha value is -2.28. The van der Waals surface area contributed by atoms with Crippen molar-refractivity contribution < 1.29 is 14.2 Å². The van der Waals surface area contributed by atoms with Crippen molar-refractivity contribution in [1.82, 2.24) is 15.0 Å². The smallest absolute Gasteiger partial charge is 0.203 e. The molecule has 0 saturated carbocycles. The van der Waals surface area contributed by atoms with E-state index in [0.29, 0.717) is 17.2 Å². The number of halogens is 1. The Morgan fingerprint density at radius 1 is 0.955 bits per heavy atom. The first kappa shape index (κ1) is 14.6. The molecule has 0 aliphatic heterocycles. The average molecular weight is 364 g/mol. The van der Waals surface area contributed by atoms with Gasteiger partial charge in [0.15, 0.2) is 11.5 Å². The Labute approximate surface area is 135 Å². The Balaban J connectivity index is 2.24. The van der Waals surface area contributed by atoms with E-state index in [2.05, 4.69) is 26.2 Å². The van der Waals surface area contributed by atoms with Crippen LogP contribution in [0.15, 0.2) is 34.8 Å². The fourth-order valence-electron chi connectivity index (χ4n) is 2.27. The number of ether oxygens (including phenoxy) is 3. The molecule has 114 valence electrons. The van der Waals surface area contributed by atoms with Gasteiger partial charge in [0.2, 0.25) is 5.75 Å². The summed E-state index contributed by atoms with van der Waals surface area (Å²) < 4.78 is 18.8. The number of rotatable bonds is 4. The highest BCUT2D eigenvalue weighted by molar-refractivity contribution is 9.10. The second-order valence-corrected chi connectivity index (χ2v) is 5.43. The van der Waals surface area contributed by atoms with Crippen molar-refractivity contribution in [2.24, 2.45) is 0 Å². The Kier molecular flexibility index (Phi) is 3.89. The molecule has 0 bridgehead atoms. The third kappa shape index (κ3) is 2.37. The van der Waals surface area contributed by atoms with E-state index >= 15 is 0 Å². The minimum Gasteiger partial charge on any atom is -0.493 e. The van der Waals surface area contributed by atoms with E-state index in [1.807, 2.05) is 30.3 Å². The van der Waals surface area contributed by atoms with Crippen LogP contribution >= 0.6 is 15.9 Å². The maximum Gasteiger partial charge on any atom is 0.203 e. The van der Waals surface area contributed by atoms with Crippen molar-refractivity contribution in [3.05, 3.63) is 34.8 Å². The molecule has 1 aromatic heterocycles. The van der Waals surface area contributed by atoms with Crippen LogP contribution in [0.3, 0.4) is 0 Å². The Morgan fingerprint density at radius 3 is 2.23 bits per heavy atom.